The van der Waals surface area contributed by atoms with E-state index in [0.29, 0.717) is 30.5 Å². The first-order chi connectivity index (χ1) is 9.95. The van der Waals surface area contributed by atoms with Gasteiger partial charge < -0.3 is 15.3 Å². The maximum Gasteiger partial charge on any atom is 0.307 e. The van der Waals surface area contributed by atoms with Crippen molar-refractivity contribution >= 4 is 33.5 Å². The first kappa shape index (κ1) is 15.9. The van der Waals surface area contributed by atoms with Gasteiger partial charge in [-0.05, 0) is 31.2 Å². The van der Waals surface area contributed by atoms with Crippen molar-refractivity contribution in [2.45, 2.75) is 12.8 Å². The van der Waals surface area contributed by atoms with Crippen LogP contribution in [0.3, 0.4) is 0 Å². The summed E-state index contributed by atoms with van der Waals surface area (Å²) in [6.45, 7) is 1.62. The van der Waals surface area contributed by atoms with Gasteiger partial charge in [0.05, 0.1) is 11.6 Å². The van der Waals surface area contributed by atoms with Gasteiger partial charge >= 0.3 is 5.97 Å². The van der Waals surface area contributed by atoms with Crippen molar-refractivity contribution in [3.05, 3.63) is 28.5 Å². The third-order valence-electron chi connectivity index (χ3n) is 3.48. The summed E-state index contributed by atoms with van der Waals surface area (Å²) in [6, 6.07) is 4.43. The Kier molecular flexibility index (Phi) is 5.30. The third-order valence-corrected chi connectivity index (χ3v) is 3.98. The Labute approximate surface area is 130 Å². The summed E-state index contributed by atoms with van der Waals surface area (Å²) in [6.07, 6.45) is 0.820. The Morgan fingerprint density at radius 2 is 2.24 bits per heavy atom. The molecule has 1 heterocycles. The minimum Gasteiger partial charge on any atom is -0.481 e. The Morgan fingerprint density at radius 1 is 1.48 bits per heavy atom. The Hall–Kier alpha value is -1.47. The molecule has 1 amide bonds. The van der Waals surface area contributed by atoms with Crippen LogP contribution >= 0.6 is 15.9 Å². The van der Waals surface area contributed by atoms with Gasteiger partial charge in [-0.25, -0.2) is 4.39 Å². The normalized spacial score (nSPS) is 18.7. The highest BCUT2D eigenvalue weighted by Gasteiger charge is 2.27. The van der Waals surface area contributed by atoms with E-state index in [1.54, 1.807) is 6.07 Å². The van der Waals surface area contributed by atoms with Crippen LogP contribution in [0.2, 0.25) is 0 Å². The second-order valence-electron chi connectivity index (χ2n) is 5.05. The van der Waals surface area contributed by atoms with Crippen LogP contribution < -0.4 is 5.32 Å². The van der Waals surface area contributed by atoms with Crippen molar-refractivity contribution in [3.63, 3.8) is 0 Å². The standard InChI is InChI=1S/C14H16BrFN2O3/c15-10-1-2-12(11(16)7-10)17-13(19)4-6-18-5-3-9(8-18)14(20)21/h1-2,7,9H,3-6,8H2,(H,17,19)(H,20,21). The molecule has 0 saturated carbocycles. The zero-order valence-corrected chi connectivity index (χ0v) is 12.9. The number of hydrogen-bond acceptors (Lipinski definition) is 3. The lowest BCUT2D eigenvalue weighted by molar-refractivity contribution is -0.141. The first-order valence-corrected chi connectivity index (χ1v) is 7.45. The molecule has 2 N–H and O–H groups in total. The van der Waals surface area contributed by atoms with Crippen LogP contribution in [0.4, 0.5) is 10.1 Å². The van der Waals surface area contributed by atoms with Crippen molar-refractivity contribution in [1.29, 1.82) is 0 Å². The zero-order chi connectivity index (χ0) is 15.4. The van der Waals surface area contributed by atoms with Crippen LogP contribution in [0.1, 0.15) is 12.8 Å². The maximum absolute atomic E-state index is 13.6. The molecule has 0 aliphatic carbocycles. The number of anilines is 1. The van der Waals surface area contributed by atoms with Gasteiger partial charge in [-0.2, -0.15) is 0 Å². The number of carboxylic acid groups (broad SMARTS) is 1. The molecule has 1 aromatic rings. The molecule has 2 rings (SSSR count). The van der Waals surface area contributed by atoms with Crippen molar-refractivity contribution < 1.29 is 19.1 Å². The van der Waals surface area contributed by atoms with E-state index in [0.717, 1.165) is 0 Å². The number of carboxylic acids is 1. The predicted octanol–water partition coefficient (Wildman–Crippen LogP) is 2.32. The molecular formula is C14H16BrFN2O3. The smallest absolute Gasteiger partial charge is 0.307 e. The number of amides is 1. The fraction of sp³-hybridized carbons (Fsp3) is 0.429. The van der Waals surface area contributed by atoms with Crippen molar-refractivity contribution in [2.24, 2.45) is 5.92 Å². The molecule has 5 nitrogen and oxygen atoms in total. The number of nitrogens with zero attached hydrogens (tertiary/aromatic N) is 1. The number of carbonyl (C=O) groups is 2. The van der Waals surface area contributed by atoms with E-state index in [2.05, 4.69) is 21.2 Å². The van der Waals surface area contributed by atoms with E-state index in [9.17, 15) is 14.0 Å². The highest BCUT2D eigenvalue weighted by atomic mass is 79.9. The highest BCUT2D eigenvalue weighted by molar-refractivity contribution is 9.10. The molecule has 0 radical (unpaired) electrons. The molecule has 0 spiro atoms. The number of halogens is 2. The summed E-state index contributed by atoms with van der Waals surface area (Å²) < 4.78 is 14.2. The van der Waals surface area contributed by atoms with E-state index < -0.39 is 11.8 Å². The van der Waals surface area contributed by atoms with Crippen LogP contribution in [0.15, 0.2) is 22.7 Å². The second kappa shape index (κ2) is 7.00. The molecule has 0 aromatic heterocycles. The topological polar surface area (TPSA) is 69.6 Å². The van der Waals surface area contributed by atoms with Crippen LogP contribution in [0.25, 0.3) is 0 Å². The molecule has 1 atom stereocenters. The van der Waals surface area contributed by atoms with Gasteiger partial charge in [-0.1, -0.05) is 15.9 Å². The van der Waals surface area contributed by atoms with E-state index in [1.165, 1.54) is 12.1 Å². The van der Waals surface area contributed by atoms with Gasteiger partial charge in [0, 0.05) is 24.0 Å². The summed E-state index contributed by atoms with van der Waals surface area (Å²) in [4.78, 5) is 24.6. The quantitative estimate of drug-likeness (QED) is 0.847. The van der Waals surface area contributed by atoms with Gasteiger partial charge in [0.2, 0.25) is 5.91 Å². The minimum atomic E-state index is -0.793. The van der Waals surface area contributed by atoms with Crippen LogP contribution in [-0.4, -0.2) is 41.5 Å². The number of benzene rings is 1. The average molecular weight is 359 g/mol. The Balaban J connectivity index is 1.79. The van der Waals surface area contributed by atoms with Gasteiger partial charge in [0.1, 0.15) is 5.82 Å². The summed E-state index contributed by atoms with van der Waals surface area (Å²) >= 11 is 3.15. The molecule has 1 fully saturated rings. The van der Waals surface area contributed by atoms with Crippen molar-refractivity contribution in [3.8, 4) is 0 Å². The Bertz CT molecular complexity index is 553. The lowest BCUT2D eigenvalue weighted by atomic mass is 10.1. The molecule has 1 aliphatic rings. The summed E-state index contributed by atoms with van der Waals surface area (Å²) in [5.41, 5.74) is 0.146. The summed E-state index contributed by atoms with van der Waals surface area (Å²) in [5.74, 6) is -1.92. The SMILES string of the molecule is O=C(CCN1CCC(C(=O)O)C1)Nc1ccc(Br)cc1F. The van der Waals surface area contributed by atoms with E-state index >= 15 is 0 Å². The molecule has 1 saturated heterocycles. The number of hydrogen-bond donors (Lipinski definition) is 2. The van der Waals surface area contributed by atoms with E-state index in [1.807, 2.05) is 4.90 Å². The molecule has 1 unspecified atom stereocenters. The van der Waals surface area contributed by atoms with E-state index in [4.69, 9.17) is 5.11 Å². The number of likely N-dealkylation sites (tertiary alicyclic amines) is 1. The molecule has 1 aliphatic heterocycles. The average Bonchev–Trinajstić information content (AvgIpc) is 2.89. The fourth-order valence-corrected chi connectivity index (χ4v) is 2.63. The maximum atomic E-state index is 13.6. The highest BCUT2D eigenvalue weighted by Crippen LogP contribution is 2.20. The van der Waals surface area contributed by atoms with Gasteiger partial charge in [0.15, 0.2) is 0 Å². The number of nitrogens with one attached hydrogen (secondary N) is 1. The fourth-order valence-electron chi connectivity index (χ4n) is 2.30. The molecule has 21 heavy (non-hydrogen) atoms. The van der Waals surface area contributed by atoms with Crippen LogP contribution in [-0.2, 0) is 9.59 Å². The van der Waals surface area contributed by atoms with Gasteiger partial charge in [0.25, 0.3) is 0 Å². The molecule has 114 valence electrons. The Morgan fingerprint density at radius 3 is 2.86 bits per heavy atom. The third kappa shape index (κ3) is 4.50. The van der Waals surface area contributed by atoms with Crippen molar-refractivity contribution in [1.82, 2.24) is 4.90 Å². The van der Waals surface area contributed by atoms with Gasteiger partial charge in [-0.15, -0.1) is 0 Å². The largest absolute Gasteiger partial charge is 0.481 e. The van der Waals surface area contributed by atoms with Gasteiger partial charge in [-0.3, -0.25) is 9.59 Å². The number of carbonyl (C=O) groups excluding carboxylic acids is 1. The molecular weight excluding hydrogens is 343 g/mol. The van der Waals surface area contributed by atoms with Crippen LogP contribution in [0, 0.1) is 11.7 Å². The molecule has 0 bridgehead atoms. The second-order valence-corrected chi connectivity index (χ2v) is 5.96. The van der Waals surface area contributed by atoms with Crippen LogP contribution in [0.5, 0.6) is 0 Å². The molecule has 7 heteroatoms. The minimum absolute atomic E-state index is 0.146. The molecule has 1 aromatic carbocycles. The lowest BCUT2D eigenvalue weighted by Crippen LogP contribution is -2.27. The summed E-state index contributed by atoms with van der Waals surface area (Å²) in [7, 11) is 0. The summed E-state index contributed by atoms with van der Waals surface area (Å²) in [5, 5.41) is 11.4. The van der Waals surface area contributed by atoms with Crippen molar-refractivity contribution in [2.75, 3.05) is 25.0 Å². The lowest BCUT2D eigenvalue weighted by Gasteiger charge is -2.14. The predicted molar refractivity (Wildman–Crippen MR) is 79.5 cm³/mol. The first-order valence-electron chi connectivity index (χ1n) is 6.66. The monoisotopic (exact) mass is 358 g/mol. The number of aliphatic carboxylic acids is 1. The van der Waals surface area contributed by atoms with E-state index in [-0.39, 0.29) is 23.9 Å². The zero-order valence-electron chi connectivity index (χ0n) is 11.3. The number of rotatable bonds is 5.